The summed E-state index contributed by atoms with van der Waals surface area (Å²) in [4.78, 5) is 15.4. The number of thiophene rings is 1. The predicted octanol–water partition coefficient (Wildman–Crippen LogP) is 3.50. The van der Waals surface area contributed by atoms with E-state index in [1.165, 1.54) is 6.07 Å². The maximum atomic E-state index is 10.8. The number of carboxylic acids is 1. The summed E-state index contributed by atoms with van der Waals surface area (Å²) in [6.45, 7) is 3.93. The summed E-state index contributed by atoms with van der Waals surface area (Å²) in [6.07, 6.45) is 0.772. The molecule has 0 amide bonds. The van der Waals surface area contributed by atoms with Crippen LogP contribution < -0.4 is 4.74 Å². The molecule has 0 fully saturated rings. The highest BCUT2D eigenvalue weighted by molar-refractivity contribution is 7.15. The Kier molecular flexibility index (Phi) is 3.62. The van der Waals surface area contributed by atoms with Crippen LogP contribution >= 0.6 is 11.3 Å². The summed E-state index contributed by atoms with van der Waals surface area (Å²) in [7, 11) is 0. The number of pyridine rings is 1. The number of aryl methyl sites for hydroxylation is 2. The standard InChI is InChI=1S/C13H13NO3S/c1-3-9-10(5-4-8(2)14-9)17-12-7-6-11(18-12)13(15)16/h4-7H,3H2,1-2H3,(H,15,16). The van der Waals surface area contributed by atoms with Gasteiger partial charge in [0.2, 0.25) is 0 Å². The van der Waals surface area contributed by atoms with E-state index in [0.717, 1.165) is 29.1 Å². The van der Waals surface area contributed by atoms with Crippen molar-refractivity contribution in [2.24, 2.45) is 0 Å². The van der Waals surface area contributed by atoms with Crippen LogP contribution in [0.3, 0.4) is 0 Å². The quantitative estimate of drug-likeness (QED) is 0.917. The van der Waals surface area contributed by atoms with E-state index in [4.69, 9.17) is 9.84 Å². The molecule has 0 aliphatic carbocycles. The van der Waals surface area contributed by atoms with E-state index in [0.29, 0.717) is 10.8 Å². The van der Waals surface area contributed by atoms with E-state index >= 15 is 0 Å². The Balaban J connectivity index is 2.25. The lowest BCUT2D eigenvalue weighted by Gasteiger charge is -2.07. The minimum Gasteiger partial charge on any atom is -0.477 e. The summed E-state index contributed by atoms with van der Waals surface area (Å²) in [5.41, 5.74) is 1.82. The topological polar surface area (TPSA) is 59.4 Å². The fourth-order valence-electron chi connectivity index (χ4n) is 1.54. The molecule has 2 heterocycles. The smallest absolute Gasteiger partial charge is 0.345 e. The molecule has 0 radical (unpaired) electrons. The van der Waals surface area contributed by atoms with Crippen LogP contribution in [0.2, 0.25) is 0 Å². The molecule has 0 spiro atoms. The number of ether oxygens (including phenoxy) is 1. The number of carboxylic acid groups (broad SMARTS) is 1. The molecule has 0 bridgehead atoms. The van der Waals surface area contributed by atoms with Crippen molar-refractivity contribution in [3.8, 4) is 10.8 Å². The van der Waals surface area contributed by atoms with Gasteiger partial charge >= 0.3 is 5.97 Å². The van der Waals surface area contributed by atoms with Gasteiger partial charge in [0.1, 0.15) is 10.6 Å². The van der Waals surface area contributed by atoms with E-state index in [-0.39, 0.29) is 4.88 Å². The van der Waals surface area contributed by atoms with E-state index < -0.39 is 5.97 Å². The molecular formula is C13H13NO3S. The van der Waals surface area contributed by atoms with E-state index in [2.05, 4.69) is 4.98 Å². The fourth-order valence-corrected chi connectivity index (χ4v) is 2.25. The van der Waals surface area contributed by atoms with Gasteiger partial charge in [-0.1, -0.05) is 18.3 Å². The molecule has 0 aliphatic heterocycles. The molecule has 94 valence electrons. The molecule has 2 rings (SSSR count). The van der Waals surface area contributed by atoms with Crippen LogP contribution in [0, 0.1) is 6.92 Å². The second-order valence-corrected chi connectivity index (χ2v) is 4.82. The third-order valence-electron chi connectivity index (χ3n) is 2.41. The van der Waals surface area contributed by atoms with Crippen molar-refractivity contribution in [3.63, 3.8) is 0 Å². The number of hydrogen-bond acceptors (Lipinski definition) is 4. The Hall–Kier alpha value is -1.88. The van der Waals surface area contributed by atoms with Crippen molar-refractivity contribution in [2.75, 3.05) is 0 Å². The zero-order chi connectivity index (χ0) is 13.1. The zero-order valence-electron chi connectivity index (χ0n) is 10.1. The summed E-state index contributed by atoms with van der Waals surface area (Å²) in [5.74, 6) is -0.255. The molecule has 0 saturated heterocycles. The summed E-state index contributed by atoms with van der Waals surface area (Å²) in [5, 5.41) is 9.41. The number of nitrogens with zero attached hydrogens (tertiary/aromatic N) is 1. The summed E-state index contributed by atoms with van der Waals surface area (Å²) in [6, 6.07) is 6.94. The molecule has 5 heteroatoms. The SMILES string of the molecule is CCc1nc(C)ccc1Oc1ccc(C(=O)O)s1. The maximum absolute atomic E-state index is 10.8. The first-order chi connectivity index (χ1) is 8.60. The van der Waals surface area contributed by atoms with Gasteiger partial charge in [-0.2, -0.15) is 0 Å². The molecule has 2 aromatic rings. The van der Waals surface area contributed by atoms with Crippen molar-refractivity contribution < 1.29 is 14.6 Å². The van der Waals surface area contributed by atoms with Gasteiger partial charge in [0.05, 0.1) is 5.69 Å². The highest BCUT2D eigenvalue weighted by atomic mass is 32.1. The van der Waals surface area contributed by atoms with Crippen molar-refractivity contribution in [1.82, 2.24) is 4.98 Å². The van der Waals surface area contributed by atoms with Crippen LogP contribution in [0.25, 0.3) is 0 Å². The first-order valence-electron chi connectivity index (χ1n) is 5.57. The Morgan fingerprint density at radius 1 is 1.39 bits per heavy atom. The van der Waals surface area contributed by atoms with Gasteiger partial charge in [0, 0.05) is 5.69 Å². The average Bonchev–Trinajstić information content (AvgIpc) is 2.80. The second kappa shape index (κ2) is 5.18. The first-order valence-corrected chi connectivity index (χ1v) is 6.39. The molecule has 2 aromatic heterocycles. The van der Waals surface area contributed by atoms with Crippen molar-refractivity contribution in [1.29, 1.82) is 0 Å². The number of aromatic carboxylic acids is 1. The molecule has 0 aliphatic rings. The van der Waals surface area contributed by atoms with Crippen LogP contribution in [0.1, 0.15) is 28.0 Å². The Morgan fingerprint density at radius 3 is 2.78 bits per heavy atom. The fraction of sp³-hybridized carbons (Fsp3) is 0.231. The van der Waals surface area contributed by atoms with E-state index in [9.17, 15) is 4.79 Å². The molecule has 18 heavy (non-hydrogen) atoms. The highest BCUT2D eigenvalue weighted by Crippen LogP contribution is 2.31. The second-order valence-electron chi connectivity index (χ2n) is 3.78. The molecule has 0 aromatic carbocycles. The van der Waals surface area contributed by atoms with Gasteiger partial charge in [0.25, 0.3) is 0 Å². The summed E-state index contributed by atoms with van der Waals surface area (Å²) >= 11 is 1.11. The van der Waals surface area contributed by atoms with Crippen LogP contribution in [0.5, 0.6) is 10.8 Å². The number of aromatic nitrogens is 1. The largest absolute Gasteiger partial charge is 0.477 e. The third-order valence-corrected chi connectivity index (χ3v) is 3.36. The average molecular weight is 263 g/mol. The van der Waals surface area contributed by atoms with Gasteiger partial charge in [-0.25, -0.2) is 4.79 Å². The molecule has 0 saturated carbocycles. The normalized spacial score (nSPS) is 10.3. The number of carbonyl (C=O) groups is 1. The molecular weight excluding hydrogens is 250 g/mol. The lowest BCUT2D eigenvalue weighted by atomic mass is 10.2. The number of hydrogen-bond donors (Lipinski definition) is 1. The van der Waals surface area contributed by atoms with E-state index in [1.54, 1.807) is 6.07 Å². The van der Waals surface area contributed by atoms with Gasteiger partial charge < -0.3 is 9.84 Å². The maximum Gasteiger partial charge on any atom is 0.345 e. The monoisotopic (exact) mass is 263 g/mol. The Morgan fingerprint density at radius 2 is 2.17 bits per heavy atom. The first kappa shape index (κ1) is 12.6. The lowest BCUT2D eigenvalue weighted by Crippen LogP contribution is -1.94. The van der Waals surface area contributed by atoms with Crippen molar-refractivity contribution in [2.45, 2.75) is 20.3 Å². The van der Waals surface area contributed by atoms with Crippen LogP contribution in [0.4, 0.5) is 0 Å². The molecule has 0 atom stereocenters. The predicted molar refractivity (Wildman–Crippen MR) is 69.7 cm³/mol. The van der Waals surface area contributed by atoms with Crippen LogP contribution in [-0.2, 0) is 6.42 Å². The van der Waals surface area contributed by atoms with Gasteiger partial charge in [0.15, 0.2) is 5.06 Å². The Labute approximate surface area is 109 Å². The Bertz CT molecular complexity index is 577. The lowest BCUT2D eigenvalue weighted by molar-refractivity contribution is 0.0702. The van der Waals surface area contributed by atoms with Gasteiger partial charge in [-0.15, -0.1) is 0 Å². The van der Waals surface area contributed by atoms with Gasteiger partial charge in [-0.05, 0) is 37.6 Å². The molecule has 0 unspecified atom stereocenters. The minimum absolute atomic E-state index is 0.267. The third kappa shape index (κ3) is 2.68. The highest BCUT2D eigenvalue weighted by Gasteiger charge is 2.10. The van der Waals surface area contributed by atoms with Crippen molar-refractivity contribution in [3.05, 3.63) is 40.5 Å². The van der Waals surface area contributed by atoms with E-state index in [1.807, 2.05) is 26.0 Å². The number of rotatable bonds is 4. The summed E-state index contributed by atoms with van der Waals surface area (Å²) < 4.78 is 5.68. The van der Waals surface area contributed by atoms with Crippen LogP contribution in [-0.4, -0.2) is 16.1 Å². The zero-order valence-corrected chi connectivity index (χ0v) is 11.0. The van der Waals surface area contributed by atoms with Crippen molar-refractivity contribution >= 4 is 17.3 Å². The van der Waals surface area contributed by atoms with Gasteiger partial charge in [-0.3, -0.25) is 4.98 Å². The molecule has 1 N–H and O–H groups in total. The minimum atomic E-state index is -0.937. The van der Waals surface area contributed by atoms with Crippen LogP contribution in [0.15, 0.2) is 24.3 Å². The molecule has 4 nitrogen and oxygen atoms in total.